The van der Waals surface area contributed by atoms with E-state index in [0.29, 0.717) is 12.4 Å². The van der Waals surface area contributed by atoms with E-state index in [4.69, 9.17) is 14.5 Å². The normalized spacial score (nSPS) is 12.8. The summed E-state index contributed by atoms with van der Waals surface area (Å²) in [6, 6.07) is 23.7. The number of fused-ring (bicyclic) bond motifs is 1. The average molecular weight is 371 g/mol. The second-order valence-corrected chi connectivity index (χ2v) is 6.24. The maximum absolute atomic E-state index is 5.52. The molecule has 0 saturated heterocycles. The van der Waals surface area contributed by atoms with Crippen molar-refractivity contribution in [1.82, 2.24) is 5.43 Å². The van der Waals surface area contributed by atoms with Gasteiger partial charge in [-0.15, -0.1) is 0 Å². The maximum atomic E-state index is 5.52. The van der Waals surface area contributed by atoms with Crippen molar-refractivity contribution < 1.29 is 9.47 Å². The number of nitrogens with zero attached hydrogens (tertiary/aromatic N) is 2. The van der Waals surface area contributed by atoms with Gasteiger partial charge in [-0.2, -0.15) is 5.10 Å². The lowest BCUT2D eigenvalue weighted by Crippen LogP contribution is -2.19. The van der Waals surface area contributed by atoms with Gasteiger partial charge in [-0.3, -0.25) is 5.43 Å². The van der Waals surface area contributed by atoms with Gasteiger partial charge in [0.25, 0.3) is 0 Å². The Morgan fingerprint density at radius 3 is 2.21 bits per heavy atom. The Hall–Kier alpha value is -3.60. The summed E-state index contributed by atoms with van der Waals surface area (Å²) < 4.78 is 10.8. The second-order valence-electron chi connectivity index (χ2n) is 6.24. The van der Waals surface area contributed by atoms with E-state index >= 15 is 0 Å². The Morgan fingerprint density at radius 2 is 1.50 bits per heavy atom. The molecule has 0 amide bonds. The first-order valence-electron chi connectivity index (χ1n) is 9.18. The smallest absolute Gasteiger partial charge is 0.154 e. The molecule has 0 aromatic heterocycles. The van der Waals surface area contributed by atoms with Crippen LogP contribution in [0.1, 0.15) is 23.6 Å². The molecule has 1 N–H and O–H groups in total. The molecule has 0 spiro atoms. The van der Waals surface area contributed by atoms with Gasteiger partial charge in [-0.25, -0.2) is 4.99 Å². The van der Waals surface area contributed by atoms with Gasteiger partial charge in [0.15, 0.2) is 5.84 Å². The van der Waals surface area contributed by atoms with E-state index in [-0.39, 0.29) is 0 Å². The molecule has 1 aliphatic rings. The van der Waals surface area contributed by atoms with E-state index in [2.05, 4.69) is 10.5 Å². The molecule has 3 aromatic rings. The number of nitrogens with one attached hydrogen (secondary N) is 1. The number of hydrogen-bond acceptors (Lipinski definition) is 5. The summed E-state index contributed by atoms with van der Waals surface area (Å²) in [4.78, 5) is 4.82. The van der Waals surface area contributed by atoms with Crippen LogP contribution in [-0.2, 0) is 0 Å². The molecule has 0 bridgehead atoms. The lowest BCUT2D eigenvalue weighted by Gasteiger charge is -2.08. The zero-order chi connectivity index (χ0) is 19.3. The highest BCUT2D eigenvalue weighted by Gasteiger charge is 2.17. The zero-order valence-electron chi connectivity index (χ0n) is 15.8. The van der Waals surface area contributed by atoms with Crippen LogP contribution < -0.4 is 14.9 Å². The summed E-state index contributed by atoms with van der Waals surface area (Å²) in [5.74, 6) is 2.34. The topological polar surface area (TPSA) is 55.2 Å². The van der Waals surface area contributed by atoms with E-state index in [9.17, 15) is 0 Å². The Morgan fingerprint density at radius 1 is 0.821 bits per heavy atom. The number of hydrazone groups is 1. The molecule has 0 aliphatic carbocycles. The molecule has 0 unspecified atom stereocenters. The van der Waals surface area contributed by atoms with Gasteiger partial charge < -0.3 is 9.47 Å². The quantitative estimate of drug-likeness (QED) is 0.717. The predicted molar refractivity (Wildman–Crippen MR) is 112 cm³/mol. The van der Waals surface area contributed by atoms with Gasteiger partial charge >= 0.3 is 0 Å². The first-order valence-corrected chi connectivity index (χ1v) is 9.18. The van der Waals surface area contributed by atoms with Crippen LogP contribution in [0.5, 0.6) is 11.5 Å². The first kappa shape index (κ1) is 17.8. The molecule has 5 nitrogen and oxygen atoms in total. The monoisotopic (exact) mass is 371 g/mol. The Labute approximate surface area is 164 Å². The lowest BCUT2D eigenvalue weighted by atomic mass is 10.0. The minimum atomic E-state index is 0.640. The highest BCUT2D eigenvalue weighted by atomic mass is 16.5. The van der Waals surface area contributed by atoms with Crippen molar-refractivity contribution in [3.8, 4) is 11.5 Å². The number of para-hydroxylation sites is 1. The third-order valence-corrected chi connectivity index (χ3v) is 4.47. The fourth-order valence-electron chi connectivity index (χ4n) is 3.06. The fraction of sp³-hybridized carbons (Fsp3) is 0.130. The Kier molecular flexibility index (Phi) is 5.06. The summed E-state index contributed by atoms with van der Waals surface area (Å²) in [6.45, 7) is 2.61. The maximum Gasteiger partial charge on any atom is 0.154 e. The molecule has 0 fully saturated rings. The summed E-state index contributed by atoms with van der Waals surface area (Å²) in [6.07, 6.45) is 0. The predicted octanol–water partition coefficient (Wildman–Crippen LogP) is 4.53. The molecule has 1 aliphatic heterocycles. The summed E-state index contributed by atoms with van der Waals surface area (Å²) in [7, 11) is 1.66. The fourth-order valence-corrected chi connectivity index (χ4v) is 3.06. The number of hydrogen-bond donors (Lipinski definition) is 1. The van der Waals surface area contributed by atoms with Crippen molar-refractivity contribution in [3.05, 3.63) is 89.5 Å². The second kappa shape index (κ2) is 7.96. The van der Waals surface area contributed by atoms with Crippen molar-refractivity contribution in [1.29, 1.82) is 0 Å². The molecule has 3 aromatic carbocycles. The molecule has 0 atom stereocenters. The summed E-state index contributed by atoms with van der Waals surface area (Å²) >= 11 is 0. The van der Waals surface area contributed by atoms with Gasteiger partial charge in [-0.1, -0.05) is 18.2 Å². The number of methoxy groups -OCH3 is 1. The molecule has 4 rings (SSSR count). The van der Waals surface area contributed by atoms with Crippen LogP contribution in [-0.4, -0.2) is 25.3 Å². The van der Waals surface area contributed by atoms with E-state index in [1.54, 1.807) is 7.11 Å². The number of ether oxygens (including phenoxy) is 2. The van der Waals surface area contributed by atoms with Crippen LogP contribution in [0.2, 0.25) is 0 Å². The minimum absolute atomic E-state index is 0.640. The van der Waals surface area contributed by atoms with Crippen molar-refractivity contribution in [2.45, 2.75) is 6.92 Å². The van der Waals surface area contributed by atoms with Gasteiger partial charge in [-0.05, 0) is 61.5 Å². The number of benzene rings is 3. The molecule has 1 heterocycles. The minimum Gasteiger partial charge on any atom is -0.497 e. The highest BCUT2D eigenvalue weighted by Crippen LogP contribution is 2.26. The first-order chi connectivity index (χ1) is 13.8. The van der Waals surface area contributed by atoms with Crippen molar-refractivity contribution in [3.63, 3.8) is 0 Å². The lowest BCUT2D eigenvalue weighted by molar-refractivity contribution is 0.340. The molecular formula is C23H21N3O2. The molecule has 0 saturated carbocycles. The molecule has 140 valence electrons. The van der Waals surface area contributed by atoms with Gasteiger partial charge in [0, 0.05) is 16.7 Å². The van der Waals surface area contributed by atoms with Crippen LogP contribution >= 0.6 is 0 Å². The van der Waals surface area contributed by atoms with Crippen LogP contribution in [0, 0.1) is 0 Å². The van der Waals surface area contributed by atoms with Gasteiger partial charge in [0.1, 0.15) is 11.5 Å². The zero-order valence-corrected chi connectivity index (χ0v) is 15.8. The average Bonchev–Trinajstić information content (AvgIpc) is 2.94. The van der Waals surface area contributed by atoms with Gasteiger partial charge in [0.05, 0.1) is 25.1 Å². The van der Waals surface area contributed by atoms with Crippen molar-refractivity contribution >= 4 is 17.2 Å². The summed E-state index contributed by atoms with van der Waals surface area (Å²) in [5, 5.41) is 4.67. The number of rotatable bonds is 5. The van der Waals surface area contributed by atoms with Crippen LogP contribution in [0.4, 0.5) is 5.69 Å². The standard InChI is InChI=1S/C23H21N3O2/c1-3-28-19-14-10-17(11-15-19)23-24-21-7-5-4-6-20(21)22(25-26-23)16-8-12-18(27-2)13-9-16/h4-15H,3H2,1-2H3,(H,24,26). The van der Waals surface area contributed by atoms with E-state index in [1.807, 2.05) is 79.7 Å². The van der Waals surface area contributed by atoms with Crippen LogP contribution in [0.25, 0.3) is 0 Å². The highest BCUT2D eigenvalue weighted by molar-refractivity contribution is 6.18. The van der Waals surface area contributed by atoms with Crippen LogP contribution in [0.15, 0.2) is 82.9 Å². The van der Waals surface area contributed by atoms with E-state index in [0.717, 1.165) is 39.6 Å². The largest absolute Gasteiger partial charge is 0.497 e. The molecule has 5 heteroatoms. The van der Waals surface area contributed by atoms with E-state index in [1.165, 1.54) is 0 Å². The Bertz CT molecular complexity index is 1020. The number of aliphatic imine (C=N–C) groups is 1. The third-order valence-electron chi connectivity index (χ3n) is 4.47. The van der Waals surface area contributed by atoms with Crippen LogP contribution in [0.3, 0.4) is 0 Å². The van der Waals surface area contributed by atoms with Crippen molar-refractivity contribution in [2.75, 3.05) is 13.7 Å². The SMILES string of the molecule is CCOc1ccc(C2=Nc3ccccc3C(c3ccc(OC)cc3)=NN2)cc1. The number of amidine groups is 1. The third kappa shape index (κ3) is 3.60. The van der Waals surface area contributed by atoms with Gasteiger partial charge in [0.2, 0.25) is 0 Å². The van der Waals surface area contributed by atoms with E-state index < -0.39 is 0 Å². The Balaban J connectivity index is 1.73. The van der Waals surface area contributed by atoms with Crippen molar-refractivity contribution in [2.24, 2.45) is 10.1 Å². The summed E-state index contributed by atoms with van der Waals surface area (Å²) in [5.41, 5.74) is 7.75. The molecule has 28 heavy (non-hydrogen) atoms. The molecule has 0 radical (unpaired) electrons. The molecular weight excluding hydrogens is 350 g/mol.